The summed E-state index contributed by atoms with van der Waals surface area (Å²) in [5.41, 5.74) is 1.56. The fraction of sp³-hybridized carbons (Fsp3) is 0.947. The van der Waals surface area contributed by atoms with E-state index in [1.165, 1.54) is 96.8 Å². The van der Waals surface area contributed by atoms with Gasteiger partial charge in [-0.15, -0.1) is 0 Å². The predicted octanol–water partition coefficient (Wildman–Crippen LogP) is 9.05. The molecule has 1 radical (unpaired) electrons. The third-order valence-electron chi connectivity index (χ3n) is 10.6. The monoisotopic (exact) mass is 675 g/mol. The quantitative estimate of drug-likeness (QED) is 0.238. The first-order chi connectivity index (χ1) is 19.4. The fourth-order valence-corrected chi connectivity index (χ4v) is 8.08. The second-order valence-corrected chi connectivity index (χ2v) is 18.4. The second-order valence-electron chi connectivity index (χ2n) is 18.4. The zero-order chi connectivity index (χ0) is 31.3. The molecule has 6 aliphatic heterocycles. The van der Waals surface area contributed by atoms with Crippen LogP contribution in [0, 0.1) is 24.8 Å². The van der Waals surface area contributed by atoms with E-state index in [4.69, 9.17) is 0 Å². The molecule has 2 atom stereocenters. The Labute approximate surface area is 296 Å². The van der Waals surface area contributed by atoms with Crippen LogP contribution in [0.2, 0.25) is 0 Å². The molecule has 8 fully saturated rings. The van der Waals surface area contributed by atoms with E-state index in [1.807, 2.05) is 0 Å². The Hall–Kier alpha value is 0.944. The summed E-state index contributed by atoms with van der Waals surface area (Å²) in [6, 6.07) is 1.88. The minimum Gasteiger partial charge on any atom is -0.477 e. The molecule has 251 valence electrons. The largest absolute Gasteiger partial charge is 0.477 e. The molecular formula is C38H74N4Y-2. The molecule has 2 unspecified atom stereocenters. The molecule has 6 heterocycles. The first kappa shape index (κ1) is 40.1. The van der Waals surface area contributed by atoms with Crippen molar-refractivity contribution in [1.82, 2.24) is 19.6 Å². The summed E-state index contributed by atoms with van der Waals surface area (Å²) < 4.78 is 0. The van der Waals surface area contributed by atoms with Crippen LogP contribution in [0.1, 0.15) is 154 Å². The molecule has 0 aromatic carbocycles. The molecular weight excluding hydrogens is 601 g/mol. The van der Waals surface area contributed by atoms with Crippen molar-refractivity contribution in [3.05, 3.63) is 13.0 Å². The molecule has 4 nitrogen and oxygen atoms in total. The first-order valence-electron chi connectivity index (χ1n) is 18.1. The van der Waals surface area contributed by atoms with Crippen LogP contribution >= 0.6 is 0 Å². The smallest absolute Gasteiger partial charge is 0.0130 e. The van der Waals surface area contributed by atoms with E-state index in [0.717, 1.165) is 30.5 Å². The first-order valence-corrected chi connectivity index (χ1v) is 18.1. The molecule has 0 N–H and O–H groups in total. The Morgan fingerprint density at radius 2 is 1.05 bits per heavy atom. The zero-order valence-corrected chi connectivity index (χ0v) is 34.0. The predicted molar refractivity (Wildman–Crippen MR) is 185 cm³/mol. The van der Waals surface area contributed by atoms with E-state index in [2.05, 4.69) is 116 Å². The summed E-state index contributed by atoms with van der Waals surface area (Å²) in [4.78, 5) is 10.3. The summed E-state index contributed by atoms with van der Waals surface area (Å²) in [6.45, 7) is 36.5. The summed E-state index contributed by atoms with van der Waals surface area (Å²) in [5.74, 6) is 2.10. The number of rotatable bonds is 0. The third-order valence-corrected chi connectivity index (χ3v) is 10.6. The van der Waals surface area contributed by atoms with Crippen LogP contribution in [0.4, 0.5) is 0 Å². The average molecular weight is 676 g/mol. The fourth-order valence-electron chi connectivity index (χ4n) is 8.08. The maximum atomic E-state index is 2.72. The van der Waals surface area contributed by atoms with Gasteiger partial charge in [-0.05, 0) is 158 Å². The third kappa shape index (κ3) is 12.8. The Morgan fingerprint density at radius 3 is 1.33 bits per heavy atom. The van der Waals surface area contributed by atoms with Crippen LogP contribution in [-0.2, 0) is 32.7 Å². The van der Waals surface area contributed by atoms with Gasteiger partial charge in [0, 0.05) is 74.5 Å². The van der Waals surface area contributed by atoms with Crippen LogP contribution < -0.4 is 0 Å². The molecule has 8 aliphatic rings. The Morgan fingerprint density at radius 1 is 0.535 bits per heavy atom. The van der Waals surface area contributed by atoms with Gasteiger partial charge in [-0.2, -0.15) is 13.0 Å². The van der Waals surface area contributed by atoms with E-state index in [1.54, 1.807) is 0 Å². The maximum Gasteiger partial charge on any atom is 0.0130 e. The van der Waals surface area contributed by atoms with Gasteiger partial charge in [-0.3, -0.25) is 21.2 Å². The summed E-state index contributed by atoms with van der Waals surface area (Å²) >= 11 is 0. The van der Waals surface area contributed by atoms with Gasteiger partial charge in [0.1, 0.15) is 0 Å². The Balaban J connectivity index is 0.000000199. The van der Waals surface area contributed by atoms with Gasteiger partial charge in [0.15, 0.2) is 0 Å². The van der Waals surface area contributed by atoms with Gasteiger partial charge >= 0.3 is 0 Å². The topological polar surface area (TPSA) is 13.0 Å². The Bertz CT molecular complexity index is 716. The van der Waals surface area contributed by atoms with Crippen molar-refractivity contribution in [2.75, 3.05) is 32.7 Å². The molecule has 4 bridgehead atoms. The van der Waals surface area contributed by atoms with E-state index in [0.29, 0.717) is 22.2 Å². The SMILES string of the molecule is CC(C)(C)N1C2CCCC1C2.CC(C)(C)N1CC2CC(C2)C1.CC(C)(C)N1CCCCC1.CC(C)(C)N1[CH-]CC[CH-]C1.[Y]. The molecule has 8 rings (SSSR count). The van der Waals surface area contributed by atoms with Crippen molar-refractivity contribution in [1.29, 1.82) is 0 Å². The van der Waals surface area contributed by atoms with Crippen LogP contribution in [0.15, 0.2) is 0 Å². The van der Waals surface area contributed by atoms with Crippen LogP contribution in [0.5, 0.6) is 0 Å². The zero-order valence-electron chi connectivity index (χ0n) is 31.1. The molecule has 2 saturated carbocycles. The van der Waals surface area contributed by atoms with Crippen molar-refractivity contribution in [3.63, 3.8) is 0 Å². The summed E-state index contributed by atoms with van der Waals surface area (Å²) in [5, 5.41) is 0. The van der Waals surface area contributed by atoms with Crippen LogP contribution in [0.3, 0.4) is 0 Å². The molecule has 43 heavy (non-hydrogen) atoms. The van der Waals surface area contributed by atoms with Gasteiger partial charge in [0.25, 0.3) is 0 Å². The number of likely N-dealkylation sites (tertiary alicyclic amines) is 2. The molecule has 0 aromatic rings. The number of hydrogen-bond donors (Lipinski definition) is 0. The molecule has 0 spiro atoms. The van der Waals surface area contributed by atoms with Crippen LogP contribution in [-0.4, -0.2) is 86.6 Å². The minimum atomic E-state index is 0. The van der Waals surface area contributed by atoms with Gasteiger partial charge in [0.2, 0.25) is 0 Å². The van der Waals surface area contributed by atoms with Crippen molar-refractivity contribution < 1.29 is 32.7 Å². The number of hydrogen-bond acceptors (Lipinski definition) is 4. The van der Waals surface area contributed by atoms with Gasteiger partial charge < -0.3 is 11.3 Å². The van der Waals surface area contributed by atoms with Crippen molar-refractivity contribution >= 4 is 0 Å². The molecule has 0 aromatic heterocycles. The van der Waals surface area contributed by atoms with Gasteiger partial charge in [-0.1, -0.05) is 12.8 Å². The standard InChI is InChI=1S/2C10H19N.C9H19N.C9H17N.Y/c1-10(2,3)11-6-8-4-9(5-8)7-11;1-10(2,3)11-8-5-4-6-9(11)7-8;2*1-9(2,3)10-7-5-4-6-8-10;/h2*8-9H,4-7H2,1-3H3;4-8H2,1-3H3;5,8H,4,6-7H2,1-3H3;/q;;;-2;. The second kappa shape index (κ2) is 16.9. The number of nitrogens with zero attached hydrogens (tertiary/aromatic N) is 4. The van der Waals surface area contributed by atoms with E-state index in [9.17, 15) is 0 Å². The van der Waals surface area contributed by atoms with Gasteiger partial charge in [-0.25, -0.2) is 6.42 Å². The molecule has 6 saturated heterocycles. The minimum absolute atomic E-state index is 0. The van der Waals surface area contributed by atoms with Crippen molar-refractivity contribution in [2.45, 2.75) is 188 Å². The summed E-state index contributed by atoms with van der Waals surface area (Å²) in [7, 11) is 0. The van der Waals surface area contributed by atoms with Crippen molar-refractivity contribution in [3.8, 4) is 0 Å². The van der Waals surface area contributed by atoms with Gasteiger partial charge in [0.05, 0.1) is 0 Å². The van der Waals surface area contributed by atoms with E-state index < -0.39 is 0 Å². The maximum absolute atomic E-state index is 2.72. The summed E-state index contributed by atoms with van der Waals surface area (Å²) in [6.07, 6.45) is 18.0. The number of fused-ring (bicyclic) bond motifs is 4. The number of piperidine rings is 5. The Kier molecular flexibility index (Phi) is 15.7. The molecule has 5 heteroatoms. The van der Waals surface area contributed by atoms with E-state index in [-0.39, 0.29) is 32.7 Å². The van der Waals surface area contributed by atoms with Crippen molar-refractivity contribution in [2.24, 2.45) is 11.8 Å². The molecule has 2 aliphatic carbocycles. The van der Waals surface area contributed by atoms with Crippen LogP contribution in [0.25, 0.3) is 0 Å². The molecule has 0 amide bonds. The normalized spacial score (nSPS) is 30.4. The van der Waals surface area contributed by atoms with E-state index >= 15 is 0 Å². The average Bonchev–Trinajstić information content (AvgIpc) is 2.89.